The summed E-state index contributed by atoms with van der Waals surface area (Å²) in [5.41, 5.74) is -0.314. The molecule has 162 valence electrons. The lowest BCUT2D eigenvalue weighted by molar-refractivity contribution is -0.384. The highest BCUT2D eigenvalue weighted by atomic mass is 35.5. The van der Waals surface area contributed by atoms with Crippen LogP contribution >= 0.6 is 11.6 Å². The van der Waals surface area contributed by atoms with Crippen molar-refractivity contribution in [2.45, 2.75) is 24.4 Å². The number of anilines is 2. The first-order chi connectivity index (χ1) is 15.4. The van der Waals surface area contributed by atoms with E-state index >= 15 is 0 Å². The van der Waals surface area contributed by atoms with Gasteiger partial charge in [0.15, 0.2) is 0 Å². The van der Waals surface area contributed by atoms with Crippen LogP contribution in [0.5, 0.6) is 0 Å². The number of amides is 3. The first-order valence-corrected chi connectivity index (χ1v) is 10.7. The number of nitro benzene ring substituents is 1. The Morgan fingerprint density at radius 3 is 2.69 bits per heavy atom. The van der Waals surface area contributed by atoms with Gasteiger partial charge in [-0.05, 0) is 31.5 Å². The SMILES string of the molecule is O=C1[C@@H]2[C@@H]3CCCN3[C@]3(C(=O)Nc4c(Cl)cccc43)[C@H]2C(=O)N1c1cccc([N+](=O)[O-])c1. The predicted octanol–water partition coefficient (Wildman–Crippen LogP) is 2.68. The van der Waals surface area contributed by atoms with Gasteiger partial charge in [-0.2, -0.15) is 0 Å². The molecule has 0 radical (unpaired) electrons. The lowest BCUT2D eigenvalue weighted by atomic mass is 9.75. The molecule has 3 saturated heterocycles. The molecular weight excluding hydrogens is 436 g/mol. The summed E-state index contributed by atoms with van der Waals surface area (Å²) < 4.78 is 0. The number of nitrogens with zero attached hydrogens (tertiary/aromatic N) is 3. The molecule has 0 bridgehead atoms. The fourth-order valence-electron chi connectivity index (χ4n) is 6.19. The second-order valence-electron chi connectivity index (χ2n) is 8.58. The Labute approximate surface area is 187 Å². The molecule has 4 aliphatic rings. The number of hydrogen-bond acceptors (Lipinski definition) is 6. The van der Waals surface area contributed by atoms with Crippen molar-refractivity contribution in [3.05, 3.63) is 63.2 Å². The molecule has 4 heterocycles. The third-order valence-corrected chi connectivity index (χ3v) is 7.59. The van der Waals surface area contributed by atoms with Crippen molar-refractivity contribution in [2.24, 2.45) is 11.8 Å². The van der Waals surface area contributed by atoms with Gasteiger partial charge in [-0.3, -0.25) is 29.4 Å². The smallest absolute Gasteiger partial charge is 0.271 e. The fraction of sp³-hybridized carbons (Fsp3) is 0.318. The molecule has 4 aliphatic heterocycles. The largest absolute Gasteiger partial charge is 0.323 e. The monoisotopic (exact) mass is 452 g/mol. The van der Waals surface area contributed by atoms with E-state index in [-0.39, 0.29) is 23.3 Å². The molecular formula is C22H17ClN4O5. The first-order valence-electron chi connectivity index (χ1n) is 10.4. The third-order valence-electron chi connectivity index (χ3n) is 7.28. The molecule has 2 aromatic rings. The number of imide groups is 1. The number of carbonyl (C=O) groups is 3. The second-order valence-corrected chi connectivity index (χ2v) is 8.99. The van der Waals surface area contributed by atoms with Gasteiger partial charge in [0.05, 0.1) is 33.2 Å². The van der Waals surface area contributed by atoms with E-state index in [2.05, 4.69) is 5.32 Å². The summed E-state index contributed by atoms with van der Waals surface area (Å²) in [6.45, 7) is 0.592. The predicted molar refractivity (Wildman–Crippen MR) is 114 cm³/mol. The van der Waals surface area contributed by atoms with E-state index in [0.29, 0.717) is 29.2 Å². The molecule has 6 rings (SSSR count). The summed E-state index contributed by atoms with van der Waals surface area (Å²) in [5.74, 6) is -2.93. The average molecular weight is 453 g/mol. The summed E-state index contributed by atoms with van der Waals surface area (Å²) in [7, 11) is 0. The molecule has 0 aliphatic carbocycles. The number of rotatable bonds is 2. The summed E-state index contributed by atoms with van der Waals surface area (Å²) in [5, 5.41) is 14.5. The topological polar surface area (TPSA) is 113 Å². The van der Waals surface area contributed by atoms with Crippen LogP contribution in [-0.4, -0.2) is 40.1 Å². The Hall–Kier alpha value is -3.30. The number of fused-ring (bicyclic) bond motifs is 7. The standard InChI is InChI=1S/C22H17ClN4O5/c23-14-7-2-6-13-18(14)24-21(30)22(13)17-16(15-8-3-9-25(15)22)19(28)26(20(17)29)11-4-1-5-12(10-11)27(31)32/h1-2,4-7,10,15-17H,3,8-9H2,(H,24,30)/t15-,16+,17+,22-/m0/s1. The molecule has 1 spiro atoms. The van der Waals surface area contributed by atoms with Gasteiger partial charge in [0.25, 0.3) is 11.6 Å². The minimum Gasteiger partial charge on any atom is -0.323 e. The highest BCUT2D eigenvalue weighted by molar-refractivity contribution is 6.35. The highest BCUT2D eigenvalue weighted by Crippen LogP contribution is 2.61. The summed E-state index contributed by atoms with van der Waals surface area (Å²) in [6.07, 6.45) is 1.49. The number of non-ortho nitro benzene ring substituents is 1. The average Bonchev–Trinajstić information content (AvgIpc) is 3.47. The third kappa shape index (κ3) is 2.14. The lowest BCUT2D eigenvalue weighted by Crippen LogP contribution is -2.54. The normalized spacial score (nSPS) is 30.6. The Balaban J connectivity index is 1.54. The lowest BCUT2D eigenvalue weighted by Gasteiger charge is -2.36. The number of halogens is 1. The van der Waals surface area contributed by atoms with Crippen LogP contribution in [0.1, 0.15) is 18.4 Å². The number of nitrogens with one attached hydrogen (secondary N) is 1. The van der Waals surface area contributed by atoms with Gasteiger partial charge >= 0.3 is 0 Å². The molecule has 2 aromatic carbocycles. The molecule has 3 fully saturated rings. The van der Waals surface area contributed by atoms with Crippen molar-refractivity contribution in [1.29, 1.82) is 0 Å². The zero-order valence-corrected chi connectivity index (χ0v) is 17.4. The quantitative estimate of drug-likeness (QED) is 0.426. The van der Waals surface area contributed by atoms with Crippen molar-refractivity contribution in [3.8, 4) is 0 Å². The van der Waals surface area contributed by atoms with Crippen LogP contribution in [0.4, 0.5) is 17.1 Å². The Bertz CT molecular complexity index is 1250. The zero-order valence-electron chi connectivity index (χ0n) is 16.7. The molecule has 10 heteroatoms. The number of para-hydroxylation sites is 1. The van der Waals surface area contributed by atoms with Gasteiger partial charge < -0.3 is 5.32 Å². The molecule has 32 heavy (non-hydrogen) atoms. The van der Waals surface area contributed by atoms with Gasteiger partial charge in [0.1, 0.15) is 5.54 Å². The zero-order chi connectivity index (χ0) is 22.4. The molecule has 9 nitrogen and oxygen atoms in total. The van der Waals surface area contributed by atoms with Gasteiger partial charge in [-0.1, -0.05) is 29.8 Å². The van der Waals surface area contributed by atoms with Crippen molar-refractivity contribution in [3.63, 3.8) is 0 Å². The maximum atomic E-state index is 13.8. The van der Waals surface area contributed by atoms with Crippen LogP contribution in [0.15, 0.2) is 42.5 Å². The molecule has 3 amide bonds. The summed E-state index contributed by atoms with van der Waals surface area (Å²) in [6, 6.07) is 10.4. The molecule has 1 N–H and O–H groups in total. The van der Waals surface area contributed by atoms with Crippen LogP contribution < -0.4 is 10.2 Å². The molecule has 0 unspecified atom stereocenters. The minimum atomic E-state index is -1.33. The van der Waals surface area contributed by atoms with Gasteiger partial charge in [0.2, 0.25) is 11.8 Å². The van der Waals surface area contributed by atoms with Gasteiger partial charge in [-0.25, -0.2) is 4.90 Å². The van der Waals surface area contributed by atoms with Crippen molar-refractivity contribution < 1.29 is 19.3 Å². The fourth-order valence-corrected chi connectivity index (χ4v) is 6.42. The van der Waals surface area contributed by atoms with E-state index in [1.165, 1.54) is 24.3 Å². The maximum absolute atomic E-state index is 13.8. The van der Waals surface area contributed by atoms with Crippen molar-refractivity contribution >= 4 is 46.4 Å². The maximum Gasteiger partial charge on any atom is 0.271 e. The van der Waals surface area contributed by atoms with E-state index in [1.54, 1.807) is 18.2 Å². The Kier molecular flexibility index (Phi) is 3.86. The number of nitro groups is 1. The van der Waals surface area contributed by atoms with Crippen LogP contribution in [0.2, 0.25) is 5.02 Å². The van der Waals surface area contributed by atoms with E-state index < -0.39 is 34.1 Å². The van der Waals surface area contributed by atoms with Crippen molar-refractivity contribution in [1.82, 2.24) is 4.90 Å². The summed E-state index contributed by atoms with van der Waals surface area (Å²) in [4.78, 5) is 54.6. The first kappa shape index (κ1) is 19.4. The summed E-state index contributed by atoms with van der Waals surface area (Å²) >= 11 is 6.36. The van der Waals surface area contributed by atoms with E-state index in [4.69, 9.17) is 11.6 Å². The van der Waals surface area contributed by atoms with E-state index in [9.17, 15) is 24.5 Å². The van der Waals surface area contributed by atoms with E-state index in [0.717, 1.165) is 11.3 Å². The Morgan fingerprint density at radius 2 is 1.91 bits per heavy atom. The van der Waals surface area contributed by atoms with Crippen molar-refractivity contribution in [2.75, 3.05) is 16.8 Å². The van der Waals surface area contributed by atoms with Crippen LogP contribution in [0, 0.1) is 22.0 Å². The van der Waals surface area contributed by atoms with Gasteiger partial charge in [0, 0.05) is 23.7 Å². The molecule has 0 saturated carbocycles. The number of benzene rings is 2. The molecule has 0 aromatic heterocycles. The second kappa shape index (κ2) is 6.36. The van der Waals surface area contributed by atoms with Crippen LogP contribution in [0.3, 0.4) is 0 Å². The Morgan fingerprint density at radius 1 is 1.12 bits per heavy atom. The number of hydrogen-bond donors (Lipinski definition) is 1. The van der Waals surface area contributed by atoms with Gasteiger partial charge in [-0.15, -0.1) is 0 Å². The molecule has 4 atom stereocenters. The highest BCUT2D eigenvalue weighted by Gasteiger charge is 2.74. The van der Waals surface area contributed by atoms with E-state index in [1.807, 2.05) is 4.90 Å². The number of carbonyl (C=O) groups excluding carboxylic acids is 3. The minimum absolute atomic E-state index is 0.146. The van der Waals surface area contributed by atoms with Crippen LogP contribution in [0.25, 0.3) is 0 Å². The van der Waals surface area contributed by atoms with Crippen LogP contribution in [-0.2, 0) is 19.9 Å².